The molecule has 2 rings (SSSR count). The van der Waals surface area contributed by atoms with Crippen LogP contribution in [0, 0.1) is 0 Å². The number of nitrogens with one attached hydrogen (secondary N) is 1. The molecule has 0 aromatic carbocycles. The Labute approximate surface area is 77.9 Å². The van der Waals surface area contributed by atoms with E-state index in [9.17, 15) is 13.2 Å². The van der Waals surface area contributed by atoms with Gasteiger partial charge >= 0.3 is 6.18 Å². The minimum atomic E-state index is -4.63. The predicted molar refractivity (Wildman–Crippen MR) is 41.6 cm³/mol. The van der Waals surface area contributed by atoms with Gasteiger partial charge in [0, 0.05) is 5.69 Å². The Morgan fingerprint density at radius 3 is 2.71 bits per heavy atom. The molecular weight excluding hydrogens is 197 g/mol. The SMILES string of the molecule is OC(c1n[nH]c2c1CCC2)C(F)(F)F. The maximum atomic E-state index is 12.2. The maximum Gasteiger partial charge on any atom is 0.420 e. The molecule has 0 saturated heterocycles. The highest BCUT2D eigenvalue weighted by Gasteiger charge is 2.43. The van der Waals surface area contributed by atoms with Gasteiger partial charge in [0.25, 0.3) is 0 Å². The molecule has 1 aliphatic rings. The Bertz CT molecular complexity index is 345. The fourth-order valence-corrected chi connectivity index (χ4v) is 1.73. The second kappa shape index (κ2) is 2.98. The van der Waals surface area contributed by atoms with Crippen molar-refractivity contribution in [1.29, 1.82) is 0 Å². The molecule has 3 nitrogen and oxygen atoms in total. The number of aliphatic hydroxyl groups excluding tert-OH is 1. The first kappa shape index (κ1) is 9.51. The summed E-state index contributed by atoms with van der Waals surface area (Å²) in [6.45, 7) is 0. The van der Waals surface area contributed by atoms with E-state index in [1.807, 2.05) is 0 Å². The Morgan fingerprint density at radius 2 is 2.07 bits per heavy atom. The summed E-state index contributed by atoms with van der Waals surface area (Å²) >= 11 is 0. The lowest BCUT2D eigenvalue weighted by Crippen LogP contribution is -2.21. The van der Waals surface area contributed by atoms with Crippen LogP contribution in [0.25, 0.3) is 0 Å². The number of H-pyrrole nitrogens is 1. The van der Waals surface area contributed by atoms with Gasteiger partial charge in [-0.3, -0.25) is 5.10 Å². The molecule has 1 atom stereocenters. The topological polar surface area (TPSA) is 48.9 Å². The Kier molecular flexibility index (Phi) is 2.02. The van der Waals surface area contributed by atoms with Crippen molar-refractivity contribution in [3.8, 4) is 0 Å². The minimum Gasteiger partial charge on any atom is -0.378 e. The molecule has 1 heterocycles. The molecule has 0 bridgehead atoms. The Hall–Kier alpha value is -1.04. The van der Waals surface area contributed by atoms with Crippen molar-refractivity contribution in [3.05, 3.63) is 17.0 Å². The van der Waals surface area contributed by atoms with Gasteiger partial charge in [-0.05, 0) is 24.8 Å². The molecule has 1 aromatic heterocycles. The molecular formula is C8H9F3N2O. The molecule has 0 amide bonds. The second-order valence-corrected chi connectivity index (χ2v) is 3.36. The molecule has 0 fully saturated rings. The average Bonchev–Trinajstić information content (AvgIpc) is 2.59. The lowest BCUT2D eigenvalue weighted by atomic mass is 10.1. The van der Waals surface area contributed by atoms with Gasteiger partial charge in [-0.2, -0.15) is 18.3 Å². The van der Waals surface area contributed by atoms with Crippen LogP contribution in [-0.2, 0) is 12.8 Å². The number of alkyl halides is 3. The monoisotopic (exact) mass is 206 g/mol. The summed E-state index contributed by atoms with van der Waals surface area (Å²) in [5, 5.41) is 15.0. The van der Waals surface area contributed by atoms with Crippen LogP contribution in [0.5, 0.6) is 0 Å². The van der Waals surface area contributed by atoms with Crippen LogP contribution >= 0.6 is 0 Å². The Balaban J connectivity index is 2.33. The first-order valence-corrected chi connectivity index (χ1v) is 4.31. The van der Waals surface area contributed by atoms with Gasteiger partial charge in [0.1, 0.15) is 5.69 Å². The number of fused-ring (bicyclic) bond motifs is 1. The van der Waals surface area contributed by atoms with E-state index in [0.29, 0.717) is 18.4 Å². The van der Waals surface area contributed by atoms with E-state index in [-0.39, 0.29) is 5.69 Å². The first-order valence-electron chi connectivity index (χ1n) is 4.31. The largest absolute Gasteiger partial charge is 0.420 e. The number of hydrogen-bond acceptors (Lipinski definition) is 2. The van der Waals surface area contributed by atoms with Crippen LogP contribution in [0.15, 0.2) is 0 Å². The number of hydrogen-bond donors (Lipinski definition) is 2. The van der Waals surface area contributed by atoms with E-state index in [1.165, 1.54) is 0 Å². The zero-order valence-corrected chi connectivity index (χ0v) is 7.23. The number of aromatic amines is 1. The molecule has 78 valence electrons. The fraction of sp³-hybridized carbons (Fsp3) is 0.625. The average molecular weight is 206 g/mol. The zero-order valence-electron chi connectivity index (χ0n) is 7.23. The van der Waals surface area contributed by atoms with Crippen molar-refractivity contribution in [1.82, 2.24) is 10.2 Å². The van der Waals surface area contributed by atoms with E-state index in [0.717, 1.165) is 12.1 Å². The van der Waals surface area contributed by atoms with E-state index >= 15 is 0 Å². The maximum absolute atomic E-state index is 12.2. The van der Waals surface area contributed by atoms with Crippen molar-refractivity contribution < 1.29 is 18.3 Å². The number of rotatable bonds is 1. The molecule has 1 aliphatic carbocycles. The summed E-state index contributed by atoms with van der Waals surface area (Å²) in [5.74, 6) is 0. The second-order valence-electron chi connectivity index (χ2n) is 3.36. The standard InChI is InChI=1S/C8H9F3N2O/c9-8(10,11)7(14)6-4-2-1-3-5(4)12-13-6/h7,14H,1-3H2,(H,12,13). The smallest absolute Gasteiger partial charge is 0.378 e. The number of aliphatic hydroxyl groups is 1. The minimum absolute atomic E-state index is 0.259. The summed E-state index contributed by atoms with van der Waals surface area (Å²) in [6, 6.07) is 0. The molecule has 0 saturated carbocycles. The van der Waals surface area contributed by atoms with Gasteiger partial charge in [0.2, 0.25) is 0 Å². The van der Waals surface area contributed by atoms with Crippen LogP contribution in [-0.4, -0.2) is 21.5 Å². The van der Waals surface area contributed by atoms with E-state index in [4.69, 9.17) is 5.11 Å². The number of nitrogens with zero attached hydrogens (tertiary/aromatic N) is 1. The molecule has 0 aliphatic heterocycles. The van der Waals surface area contributed by atoms with Gasteiger partial charge in [0.15, 0.2) is 6.10 Å². The van der Waals surface area contributed by atoms with Crippen LogP contribution in [0.1, 0.15) is 29.5 Å². The number of aromatic nitrogens is 2. The van der Waals surface area contributed by atoms with Gasteiger partial charge in [-0.1, -0.05) is 0 Å². The third-order valence-corrected chi connectivity index (χ3v) is 2.41. The van der Waals surface area contributed by atoms with Crippen molar-refractivity contribution in [2.24, 2.45) is 0 Å². The highest BCUT2D eigenvalue weighted by molar-refractivity contribution is 5.31. The van der Waals surface area contributed by atoms with Crippen molar-refractivity contribution in [3.63, 3.8) is 0 Å². The van der Waals surface area contributed by atoms with Gasteiger partial charge in [-0.25, -0.2) is 0 Å². The third kappa shape index (κ3) is 1.39. The van der Waals surface area contributed by atoms with Gasteiger partial charge in [0.05, 0.1) is 0 Å². The first-order chi connectivity index (χ1) is 6.50. The van der Waals surface area contributed by atoms with Crippen LogP contribution < -0.4 is 0 Å². The normalized spacial score (nSPS) is 18.3. The van der Waals surface area contributed by atoms with Gasteiger partial charge in [-0.15, -0.1) is 0 Å². The Morgan fingerprint density at radius 1 is 1.36 bits per heavy atom. The summed E-state index contributed by atoms with van der Waals surface area (Å²) in [4.78, 5) is 0. The molecule has 2 N–H and O–H groups in total. The van der Waals surface area contributed by atoms with Crippen LogP contribution in [0.3, 0.4) is 0 Å². The summed E-state index contributed by atoms with van der Waals surface area (Å²) in [7, 11) is 0. The quantitative estimate of drug-likeness (QED) is 0.731. The number of halogens is 3. The molecule has 0 radical (unpaired) electrons. The molecule has 6 heteroatoms. The zero-order chi connectivity index (χ0) is 10.3. The highest BCUT2D eigenvalue weighted by atomic mass is 19.4. The van der Waals surface area contributed by atoms with Crippen LogP contribution in [0.2, 0.25) is 0 Å². The summed E-state index contributed by atoms with van der Waals surface area (Å²) < 4.78 is 36.5. The lowest BCUT2D eigenvalue weighted by molar-refractivity contribution is -0.208. The lowest BCUT2D eigenvalue weighted by Gasteiger charge is -2.12. The third-order valence-electron chi connectivity index (χ3n) is 2.41. The fourth-order valence-electron chi connectivity index (χ4n) is 1.73. The van der Waals surface area contributed by atoms with Crippen molar-refractivity contribution >= 4 is 0 Å². The van der Waals surface area contributed by atoms with Crippen LogP contribution in [0.4, 0.5) is 13.2 Å². The predicted octanol–water partition coefficient (Wildman–Crippen LogP) is 1.49. The number of aryl methyl sites for hydroxylation is 1. The van der Waals surface area contributed by atoms with Crippen molar-refractivity contribution in [2.75, 3.05) is 0 Å². The summed E-state index contributed by atoms with van der Waals surface area (Å²) in [5.41, 5.74) is 1.00. The molecule has 1 unspecified atom stereocenters. The molecule has 1 aromatic rings. The van der Waals surface area contributed by atoms with E-state index in [2.05, 4.69) is 10.2 Å². The van der Waals surface area contributed by atoms with Gasteiger partial charge < -0.3 is 5.11 Å². The van der Waals surface area contributed by atoms with E-state index < -0.39 is 12.3 Å². The molecule has 14 heavy (non-hydrogen) atoms. The summed E-state index contributed by atoms with van der Waals surface area (Å²) in [6.07, 6.45) is -4.99. The highest BCUT2D eigenvalue weighted by Crippen LogP contribution is 2.36. The van der Waals surface area contributed by atoms with E-state index in [1.54, 1.807) is 0 Å². The van der Waals surface area contributed by atoms with Crippen molar-refractivity contribution in [2.45, 2.75) is 31.5 Å². The molecule has 0 spiro atoms.